The van der Waals surface area contributed by atoms with E-state index in [2.05, 4.69) is 21.5 Å². The van der Waals surface area contributed by atoms with Crippen molar-refractivity contribution in [2.45, 2.75) is 13.0 Å². The lowest BCUT2D eigenvalue weighted by atomic mass is 10.1. The summed E-state index contributed by atoms with van der Waals surface area (Å²) in [6.07, 6.45) is 5.46. The van der Waals surface area contributed by atoms with E-state index in [1.165, 1.54) is 23.5 Å². The molecule has 0 bridgehead atoms. The number of thiazole rings is 1. The number of nitrogens with one attached hydrogen (secondary N) is 2. The van der Waals surface area contributed by atoms with Crippen LogP contribution in [0.5, 0.6) is 0 Å². The average molecular weight is 412 g/mol. The maximum Gasteiger partial charge on any atom is 0.263 e. The molecule has 0 radical (unpaired) electrons. The molecule has 1 fully saturated rings. The SMILES string of the molecule is C#Cc1cccc2sc(NC(=O)c3c(F)cc(N4CCNC[C@@H]4C)cc3F)nc12. The summed E-state index contributed by atoms with van der Waals surface area (Å²) in [5, 5.41) is 5.94. The number of carbonyl (C=O) groups is 1. The molecule has 0 saturated carbocycles. The smallest absolute Gasteiger partial charge is 0.263 e. The number of rotatable bonds is 3. The molecule has 1 amide bonds. The minimum atomic E-state index is -0.909. The Morgan fingerprint density at radius 1 is 1.38 bits per heavy atom. The van der Waals surface area contributed by atoms with Crippen molar-refractivity contribution < 1.29 is 13.6 Å². The zero-order chi connectivity index (χ0) is 20.5. The zero-order valence-corrected chi connectivity index (χ0v) is 16.4. The fourth-order valence-corrected chi connectivity index (χ4v) is 4.33. The minimum Gasteiger partial charge on any atom is -0.366 e. The maximum atomic E-state index is 14.7. The lowest BCUT2D eigenvalue weighted by molar-refractivity contribution is 0.101. The molecular weight excluding hydrogens is 394 g/mol. The minimum absolute atomic E-state index is 0.0929. The summed E-state index contributed by atoms with van der Waals surface area (Å²) >= 11 is 1.19. The molecule has 2 aromatic carbocycles. The van der Waals surface area contributed by atoms with E-state index >= 15 is 0 Å². The Bertz CT molecular complexity index is 1110. The number of nitrogens with zero attached hydrogens (tertiary/aromatic N) is 2. The first-order valence-corrected chi connectivity index (χ1v) is 9.93. The van der Waals surface area contributed by atoms with Crippen LogP contribution in [0.2, 0.25) is 0 Å². The zero-order valence-electron chi connectivity index (χ0n) is 15.6. The Morgan fingerprint density at radius 3 is 2.83 bits per heavy atom. The Balaban J connectivity index is 1.61. The Hall–Kier alpha value is -3.02. The topological polar surface area (TPSA) is 57.3 Å². The summed E-state index contributed by atoms with van der Waals surface area (Å²) in [6, 6.07) is 7.84. The first-order valence-electron chi connectivity index (χ1n) is 9.12. The van der Waals surface area contributed by atoms with Crippen molar-refractivity contribution in [1.82, 2.24) is 10.3 Å². The highest BCUT2D eigenvalue weighted by atomic mass is 32.1. The fourth-order valence-electron chi connectivity index (χ4n) is 3.45. The van der Waals surface area contributed by atoms with E-state index in [0.717, 1.165) is 17.8 Å². The van der Waals surface area contributed by atoms with Crippen LogP contribution in [0.25, 0.3) is 10.2 Å². The first-order chi connectivity index (χ1) is 14.0. The van der Waals surface area contributed by atoms with Crippen molar-refractivity contribution in [3.05, 3.63) is 53.1 Å². The number of hydrogen-bond donors (Lipinski definition) is 2. The highest BCUT2D eigenvalue weighted by Crippen LogP contribution is 2.29. The van der Waals surface area contributed by atoms with E-state index in [4.69, 9.17) is 6.42 Å². The normalized spacial score (nSPS) is 16.6. The number of piperazine rings is 1. The summed E-state index contributed by atoms with van der Waals surface area (Å²) in [5.74, 6) is -0.175. The number of para-hydroxylation sites is 1. The molecule has 1 atom stereocenters. The third kappa shape index (κ3) is 3.67. The Morgan fingerprint density at radius 2 is 2.14 bits per heavy atom. The second kappa shape index (κ2) is 7.78. The van der Waals surface area contributed by atoms with E-state index in [1.54, 1.807) is 12.1 Å². The predicted octanol–water partition coefficient (Wildman–Crippen LogP) is 3.61. The van der Waals surface area contributed by atoms with Crippen LogP contribution in [0.4, 0.5) is 19.6 Å². The quantitative estimate of drug-likeness (QED) is 0.646. The molecule has 1 aliphatic rings. The molecule has 3 aromatic rings. The van der Waals surface area contributed by atoms with Crippen LogP contribution in [-0.2, 0) is 0 Å². The van der Waals surface area contributed by atoms with Crippen LogP contribution < -0.4 is 15.5 Å². The molecule has 8 heteroatoms. The average Bonchev–Trinajstić information content (AvgIpc) is 3.10. The van der Waals surface area contributed by atoms with Crippen molar-refractivity contribution in [2.75, 3.05) is 29.9 Å². The molecule has 2 heterocycles. The second-order valence-corrected chi connectivity index (χ2v) is 7.83. The van der Waals surface area contributed by atoms with Crippen molar-refractivity contribution >= 4 is 38.3 Å². The maximum absolute atomic E-state index is 14.7. The molecule has 1 aromatic heterocycles. The number of amides is 1. The molecule has 0 unspecified atom stereocenters. The van der Waals surface area contributed by atoms with Crippen molar-refractivity contribution in [3.8, 4) is 12.3 Å². The molecule has 0 spiro atoms. The van der Waals surface area contributed by atoms with Gasteiger partial charge in [0.1, 0.15) is 17.2 Å². The number of hydrogen-bond acceptors (Lipinski definition) is 5. The van der Waals surface area contributed by atoms with Crippen LogP contribution in [0, 0.1) is 24.0 Å². The Labute approximate surface area is 170 Å². The van der Waals surface area contributed by atoms with Crippen LogP contribution >= 0.6 is 11.3 Å². The molecule has 5 nitrogen and oxygen atoms in total. The third-order valence-electron chi connectivity index (χ3n) is 4.88. The number of terminal acetylenes is 1. The third-order valence-corrected chi connectivity index (χ3v) is 5.82. The van der Waals surface area contributed by atoms with Gasteiger partial charge in [0.25, 0.3) is 5.91 Å². The first kappa shape index (κ1) is 19.3. The van der Waals surface area contributed by atoms with E-state index in [0.29, 0.717) is 23.3 Å². The van der Waals surface area contributed by atoms with Gasteiger partial charge >= 0.3 is 0 Å². The van der Waals surface area contributed by atoms with Crippen molar-refractivity contribution in [2.24, 2.45) is 0 Å². The van der Waals surface area contributed by atoms with Gasteiger partial charge in [-0.15, -0.1) is 6.42 Å². The molecular formula is C21H18F2N4OS. The van der Waals surface area contributed by atoms with E-state index in [-0.39, 0.29) is 11.2 Å². The highest BCUT2D eigenvalue weighted by molar-refractivity contribution is 7.22. The van der Waals surface area contributed by atoms with Gasteiger partial charge < -0.3 is 10.2 Å². The summed E-state index contributed by atoms with van der Waals surface area (Å²) in [6.45, 7) is 4.06. The van der Waals surface area contributed by atoms with Gasteiger partial charge in [-0.3, -0.25) is 10.1 Å². The largest absolute Gasteiger partial charge is 0.366 e. The summed E-state index contributed by atoms with van der Waals surface area (Å²) in [4.78, 5) is 18.8. The molecule has 1 saturated heterocycles. The second-order valence-electron chi connectivity index (χ2n) is 6.80. The number of halogens is 2. The summed E-state index contributed by atoms with van der Waals surface area (Å²) < 4.78 is 30.1. The molecule has 4 rings (SSSR count). The number of carbonyl (C=O) groups excluding carboxylic acids is 1. The standard InChI is InChI=1S/C21H18F2N4OS/c1-3-13-5-4-6-17-19(13)25-21(29-17)26-20(28)18-15(22)9-14(10-16(18)23)27-8-7-24-11-12(27)2/h1,4-6,9-10,12,24H,7-8,11H2,2H3,(H,25,26,28)/t12-/m0/s1. The number of aromatic nitrogens is 1. The van der Waals surface area contributed by atoms with Gasteiger partial charge in [-0.25, -0.2) is 13.8 Å². The summed E-state index contributed by atoms with van der Waals surface area (Å²) in [5.41, 5.74) is 0.947. The van der Waals surface area contributed by atoms with Gasteiger partial charge in [0.15, 0.2) is 5.13 Å². The van der Waals surface area contributed by atoms with E-state index < -0.39 is 23.1 Å². The lowest BCUT2D eigenvalue weighted by Gasteiger charge is -2.36. The lowest BCUT2D eigenvalue weighted by Crippen LogP contribution is -2.50. The van der Waals surface area contributed by atoms with Gasteiger partial charge in [0.2, 0.25) is 0 Å². The van der Waals surface area contributed by atoms with E-state index in [9.17, 15) is 13.6 Å². The van der Waals surface area contributed by atoms with Gasteiger partial charge in [-0.05, 0) is 31.2 Å². The molecule has 2 N–H and O–H groups in total. The summed E-state index contributed by atoms with van der Waals surface area (Å²) in [7, 11) is 0. The molecule has 1 aliphatic heterocycles. The highest BCUT2D eigenvalue weighted by Gasteiger charge is 2.24. The van der Waals surface area contributed by atoms with Crippen LogP contribution in [-0.4, -0.2) is 36.6 Å². The van der Waals surface area contributed by atoms with E-state index in [1.807, 2.05) is 17.9 Å². The number of benzene rings is 2. The van der Waals surface area contributed by atoms with Gasteiger partial charge in [0.05, 0.1) is 15.8 Å². The van der Waals surface area contributed by atoms with Gasteiger partial charge in [0, 0.05) is 31.4 Å². The predicted molar refractivity (Wildman–Crippen MR) is 112 cm³/mol. The fraction of sp³-hybridized carbons (Fsp3) is 0.238. The Kier molecular flexibility index (Phi) is 5.18. The van der Waals surface area contributed by atoms with Crippen LogP contribution in [0.15, 0.2) is 30.3 Å². The number of fused-ring (bicyclic) bond motifs is 1. The monoisotopic (exact) mass is 412 g/mol. The number of anilines is 2. The van der Waals surface area contributed by atoms with Crippen LogP contribution in [0.1, 0.15) is 22.8 Å². The van der Waals surface area contributed by atoms with Crippen LogP contribution in [0.3, 0.4) is 0 Å². The molecule has 0 aliphatic carbocycles. The van der Waals surface area contributed by atoms with Crippen molar-refractivity contribution in [1.29, 1.82) is 0 Å². The van der Waals surface area contributed by atoms with Crippen molar-refractivity contribution in [3.63, 3.8) is 0 Å². The molecule has 148 valence electrons. The van der Waals surface area contributed by atoms with Gasteiger partial charge in [-0.2, -0.15) is 0 Å². The molecule has 29 heavy (non-hydrogen) atoms. The van der Waals surface area contributed by atoms with Gasteiger partial charge in [-0.1, -0.05) is 23.3 Å².